The summed E-state index contributed by atoms with van der Waals surface area (Å²) in [5.41, 5.74) is 2.25. The van der Waals surface area contributed by atoms with Gasteiger partial charge in [0.05, 0.1) is 18.1 Å². The molecule has 1 aromatic carbocycles. The van der Waals surface area contributed by atoms with Crippen molar-refractivity contribution in [2.24, 2.45) is 0 Å². The molecule has 90 valence electrons. The van der Waals surface area contributed by atoms with Crippen LogP contribution in [0, 0.1) is 0 Å². The van der Waals surface area contributed by atoms with E-state index in [0.717, 1.165) is 23.6 Å². The smallest absolute Gasteiger partial charge is 0.0659 e. The Hall–Kier alpha value is -0.990. The van der Waals surface area contributed by atoms with Crippen LogP contribution in [0.2, 0.25) is 5.02 Å². The highest BCUT2D eigenvalue weighted by Gasteiger charge is 2.07. The molecular formula is C13H14Cl2N2. The van der Waals surface area contributed by atoms with Crippen LogP contribution in [-0.4, -0.2) is 9.78 Å². The normalized spacial score (nSPS) is 12.6. The Bertz CT molecular complexity index is 476. The van der Waals surface area contributed by atoms with Gasteiger partial charge in [-0.2, -0.15) is 5.10 Å². The van der Waals surface area contributed by atoms with Crippen LogP contribution < -0.4 is 0 Å². The molecule has 0 saturated carbocycles. The van der Waals surface area contributed by atoms with Crippen LogP contribution in [-0.2, 0) is 6.54 Å². The molecule has 1 heterocycles. The maximum absolute atomic E-state index is 6.16. The Morgan fingerprint density at radius 2 is 2.00 bits per heavy atom. The fourth-order valence-electron chi connectivity index (χ4n) is 1.64. The summed E-state index contributed by atoms with van der Waals surface area (Å²) in [5.74, 6) is 0. The van der Waals surface area contributed by atoms with Crippen LogP contribution >= 0.6 is 23.2 Å². The molecule has 0 amide bonds. The summed E-state index contributed by atoms with van der Waals surface area (Å²) in [6, 6.07) is 7.78. The minimum Gasteiger partial charge on any atom is -0.268 e. The van der Waals surface area contributed by atoms with Crippen molar-refractivity contribution < 1.29 is 0 Å². The number of hydrogen-bond acceptors (Lipinski definition) is 1. The third-order valence-corrected chi connectivity index (χ3v) is 3.44. The summed E-state index contributed by atoms with van der Waals surface area (Å²) in [6.07, 6.45) is 4.74. The summed E-state index contributed by atoms with van der Waals surface area (Å²) >= 11 is 12.0. The van der Waals surface area contributed by atoms with Gasteiger partial charge in [0.15, 0.2) is 0 Å². The Kier molecular flexibility index (Phi) is 4.08. The van der Waals surface area contributed by atoms with Crippen molar-refractivity contribution in [3.05, 3.63) is 52.8 Å². The lowest BCUT2D eigenvalue weighted by Gasteiger charge is -2.03. The van der Waals surface area contributed by atoms with Gasteiger partial charge in [-0.1, -0.05) is 30.7 Å². The summed E-state index contributed by atoms with van der Waals surface area (Å²) < 4.78 is 1.89. The van der Waals surface area contributed by atoms with Gasteiger partial charge < -0.3 is 0 Å². The molecule has 0 fully saturated rings. The van der Waals surface area contributed by atoms with Crippen LogP contribution in [0.4, 0.5) is 0 Å². The fourth-order valence-corrected chi connectivity index (χ4v) is 1.88. The van der Waals surface area contributed by atoms with Gasteiger partial charge >= 0.3 is 0 Å². The molecule has 4 heteroatoms. The van der Waals surface area contributed by atoms with Gasteiger partial charge in [0, 0.05) is 16.8 Å². The van der Waals surface area contributed by atoms with E-state index in [-0.39, 0.29) is 5.38 Å². The highest BCUT2D eigenvalue weighted by Crippen LogP contribution is 2.23. The molecule has 0 spiro atoms. The zero-order valence-electron chi connectivity index (χ0n) is 9.61. The Balaban J connectivity index is 2.08. The van der Waals surface area contributed by atoms with E-state index in [2.05, 4.69) is 12.0 Å². The van der Waals surface area contributed by atoms with Crippen molar-refractivity contribution in [2.45, 2.75) is 25.3 Å². The number of aromatic nitrogens is 2. The minimum atomic E-state index is 0.0500. The monoisotopic (exact) mass is 268 g/mol. The van der Waals surface area contributed by atoms with Gasteiger partial charge in [-0.3, -0.25) is 4.68 Å². The number of benzene rings is 1. The zero-order chi connectivity index (χ0) is 12.3. The van der Waals surface area contributed by atoms with E-state index < -0.39 is 0 Å². The van der Waals surface area contributed by atoms with Crippen LogP contribution in [0.5, 0.6) is 0 Å². The van der Waals surface area contributed by atoms with Gasteiger partial charge in [-0.05, 0) is 24.1 Å². The molecule has 17 heavy (non-hydrogen) atoms. The molecule has 0 N–H and O–H groups in total. The Morgan fingerprint density at radius 3 is 2.65 bits per heavy atom. The number of halogens is 2. The zero-order valence-corrected chi connectivity index (χ0v) is 11.1. The second kappa shape index (κ2) is 5.56. The summed E-state index contributed by atoms with van der Waals surface area (Å²) in [4.78, 5) is 0. The highest BCUT2D eigenvalue weighted by molar-refractivity contribution is 6.30. The first kappa shape index (κ1) is 12.5. The van der Waals surface area contributed by atoms with E-state index in [9.17, 15) is 0 Å². The fraction of sp³-hybridized carbons (Fsp3) is 0.308. The highest BCUT2D eigenvalue weighted by atomic mass is 35.5. The van der Waals surface area contributed by atoms with Crippen molar-refractivity contribution in [3.63, 3.8) is 0 Å². The van der Waals surface area contributed by atoms with E-state index in [4.69, 9.17) is 23.2 Å². The molecule has 1 atom stereocenters. The number of nitrogens with zero attached hydrogens (tertiary/aromatic N) is 2. The third kappa shape index (κ3) is 3.24. The molecule has 2 nitrogen and oxygen atoms in total. The molecule has 0 aliphatic rings. The quantitative estimate of drug-likeness (QED) is 0.758. The first-order valence-electron chi connectivity index (χ1n) is 5.60. The lowest BCUT2D eigenvalue weighted by Crippen LogP contribution is -1.99. The first-order chi connectivity index (χ1) is 8.19. The van der Waals surface area contributed by atoms with E-state index in [1.807, 2.05) is 41.3 Å². The van der Waals surface area contributed by atoms with E-state index in [1.165, 1.54) is 5.56 Å². The maximum Gasteiger partial charge on any atom is 0.0659 e. The predicted molar refractivity (Wildman–Crippen MR) is 71.7 cm³/mol. The van der Waals surface area contributed by atoms with Crippen molar-refractivity contribution in [3.8, 4) is 0 Å². The molecule has 1 unspecified atom stereocenters. The van der Waals surface area contributed by atoms with Crippen molar-refractivity contribution in [1.29, 1.82) is 0 Å². The molecule has 0 aliphatic carbocycles. The molecule has 2 aromatic rings. The van der Waals surface area contributed by atoms with E-state index >= 15 is 0 Å². The van der Waals surface area contributed by atoms with Gasteiger partial charge in [-0.25, -0.2) is 0 Å². The number of rotatable bonds is 4. The Labute approximate surface area is 111 Å². The first-order valence-corrected chi connectivity index (χ1v) is 6.41. The Morgan fingerprint density at radius 1 is 1.29 bits per heavy atom. The van der Waals surface area contributed by atoms with E-state index in [1.54, 1.807) is 0 Å². The lowest BCUT2D eigenvalue weighted by molar-refractivity contribution is 0.685. The lowest BCUT2D eigenvalue weighted by atomic mass is 10.2. The van der Waals surface area contributed by atoms with Crippen molar-refractivity contribution in [2.75, 3.05) is 0 Å². The molecular weight excluding hydrogens is 255 g/mol. The van der Waals surface area contributed by atoms with Crippen LogP contribution in [0.3, 0.4) is 0 Å². The summed E-state index contributed by atoms with van der Waals surface area (Å²) in [6.45, 7) is 2.80. The van der Waals surface area contributed by atoms with Crippen molar-refractivity contribution in [1.82, 2.24) is 9.78 Å². The average molecular weight is 269 g/mol. The molecule has 1 aromatic heterocycles. The average Bonchev–Trinajstić information content (AvgIpc) is 2.80. The largest absolute Gasteiger partial charge is 0.268 e. The third-order valence-electron chi connectivity index (χ3n) is 2.63. The second-order valence-corrected chi connectivity index (χ2v) is 4.94. The topological polar surface area (TPSA) is 17.8 Å². The van der Waals surface area contributed by atoms with Gasteiger partial charge in [0.1, 0.15) is 0 Å². The summed E-state index contributed by atoms with van der Waals surface area (Å²) in [5, 5.41) is 5.10. The van der Waals surface area contributed by atoms with Crippen LogP contribution in [0.15, 0.2) is 36.7 Å². The second-order valence-electron chi connectivity index (χ2n) is 3.97. The van der Waals surface area contributed by atoms with E-state index in [0.29, 0.717) is 0 Å². The number of hydrogen-bond donors (Lipinski definition) is 0. The standard InChI is InChI=1S/C13H14Cl2N2/c1-2-13(15)11-7-16-17(9-11)8-10-3-5-12(14)6-4-10/h3-7,9,13H,2,8H2,1H3. The van der Waals surface area contributed by atoms with Crippen LogP contribution in [0.1, 0.15) is 29.8 Å². The maximum atomic E-state index is 6.16. The summed E-state index contributed by atoms with van der Waals surface area (Å²) in [7, 11) is 0. The predicted octanol–water partition coefficient (Wildman–Crippen LogP) is 4.27. The number of alkyl halides is 1. The molecule has 0 aliphatic heterocycles. The van der Waals surface area contributed by atoms with Crippen LogP contribution in [0.25, 0.3) is 0 Å². The minimum absolute atomic E-state index is 0.0500. The molecule has 0 saturated heterocycles. The van der Waals surface area contributed by atoms with Gasteiger partial charge in [0.25, 0.3) is 0 Å². The molecule has 0 bridgehead atoms. The van der Waals surface area contributed by atoms with Gasteiger partial charge in [-0.15, -0.1) is 11.6 Å². The van der Waals surface area contributed by atoms with Gasteiger partial charge in [0.2, 0.25) is 0 Å². The molecule has 2 rings (SSSR count). The van der Waals surface area contributed by atoms with Crippen molar-refractivity contribution >= 4 is 23.2 Å². The molecule has 0 radical (unpaired) electrons. The SMILES string of the molecule is CCC(Cl)c1cnn(Cc2ccc(Cl)cc2)c1.